The molecule has 2 atom stereocenters. The Kier molecular flexibility index (Phi) is 5.72. The first kappa shape index (κ1) is 15.6. The lowest BCUT2D eigenvalue weighted by atomic mass is 10.1. The van der Waals surface area contributed by atoms with E-state index in [1.54, 1.807) is 4.90 Å². The quantitative estimate of drug-likeness (QED) is 0.574. The molecule has 7 heteroatoms. The molecule has 1 aliphatic heterocycles. The lowest BCUT2D eigenvalue weighted by Crippen LogP contribution is -2.39. The van der Waals surface area contributed by atoms with Gasteiger partial charge in [0.05, 0.1) is 13.0 Å². The van der Waals surface area contributed by atoms with E-state index in [9.17, 15) is 18.0 Å². The van der Waals surface area contributed by atoms with Crippen LogP contribution < -0.4 is 0 Å². The van der Waals surface area contributed by atoms with Gasteiger partial charge in [-0.05, 0) is 12.3 Å². The molecule has 18 heavy (non-hydrogen) atoms. The average molecular weight is 288 g/mol. The number of carbonyl (C=O) groups is 1. The fourth-order valence-corrected chi connectivity index (χ4v) is 2.51. The van der Waals surface area contributed by atoms with E-state index in [2.05, 4.69) is 4.74 Å². The first-order valence-electron chi connectivity index (χ1n) is 5.85. The molecule has 0 aromatic carbocycles. The molecule has 0 bridgehead atoms. The van der Waals surface area contributed by atoms with Crippen molar-refractivity contribution in [1.29, 1.82) is 0 Å². The van der Waals surface area contributed by atoms with Gasteiger partial charge in [-0.1, -0.05) is 6.92 Å². The van der Waals surface area contributed by atoms with Crippen molar-refractivity contribution in [3.05, 3.63) is 0 Å². The van der Waals surface area contributed by atoms with Crippen LogP contribution in [0.2, 0.25) is 0 Å². The van der Waals surface area contributed by atoms with Crippen molar-refractivity contribution in [1.82, 2.24) is 4.90 Å². The number of ether oxygens (including phenoxy) is 1. The van der Waals surface area contributed by atoms with Crippen molar-refractivity contribution in [2.75, 3.05) is 25.6 Å². The number of hydrogen-bond acceptors (Lipinski definition) is 2. The van der Waals surface area contributed by atoms with Gasteiger partial charge in [0.2, 0.25) is 5.91 Å². The maximum Gasteiger partial charge on any atom is 0.411 e. The lowest BCUT2D eigenvalue weighted by molar-refractivity contribution is -0.175. The first-order chi connectivity index (χ1) is 8.35. The highest BCUT2D eigenvalue weighted by atomic mass is 35.5. The van der Waals surface area contributed by atoms with Crippen molar-refractivity contribution in [2.24, 2.45) is 5.92 Å². The van der Waals surface area contributed by atoms with Crippen LogP contribution in [0.3, 0.4) is 0 Å². The molecule has 1 heterocycles. The van der Waals surface area contributed by atoms with Crippen LogP contribution in [0.4, 0.5) is 13.2 Å². The summed E-state index contributed by atoms with van der Waals surface area (Å²) in [7, 11) is 0. The molecule has 1 amide bonds. The molecule has 0 aliphatic carbocycles. The summed E-state index contributed by atoms with van der Waals surface area (Å²) >= 11 is 5.79. The van der Waals surface area contributed by atoms with Gasteiger partial charge >= 0.3 is 6.18 Å². The summed E-state index contributed by atoms with van der Waals surface area (Å²) < 4.78 is 39.9. The topological polar surface area (TPSA) is 29.5 Å². The van der Waals surface area contributed by atoms with Gasteiger partial charge < -0.3 is 9.64 Å². The minimum absolute atomic E-state index is 0.0122. The van der Waals surface area contributed by atoms with Crippen LogP contribution in [-0.2, 0) is 9.53 Å². The maximum atomic E-state index is 11.8. The van der Waals surface area contributed by atoms with Gasteiger partial charge in [-0.3, -0.25) is 4.79 Å². The first-order valence-corrected chi connectivity index (χ1v) is 6.38. The molecule has 0 saturated carbocycles. The number of alkyl halides is 4. The van der Waals surface area contributed by atoms with Gasteiger partial charge in [-0.15, -0.1) is 11.6 Å². The summed E-state index contributed by atoms with van der Waals surface area (Å²) in [5.74, 6) is 0.505. The Hall–Kier alpha value is -0.490. The molecule has 1 aliphatic rings. The summed E-state index contributed by atoms with van der Waals surface area (Å²) in [5.41, 5.74) is 0. The van der Waals surface area contributed by atoms with Crippen LogP contribution in [0.1, 0.15) is 19.8 Å². The molecular formula is C11H17ClF3NO2. The summed E-state index contributed by atoms with van der Waals surface area (Å²) in [6.07, 6.45) is -3.49. The molecule has 1 rings (SSSR count). The monoisotopic (exact) mass is 287 g/mol. The van der Waals surface area contributed by atoms with Gasteiger partial charge in [0.15, 0.2) is 0 Å². The molecule has 0 N–H and O–H groups in total. The van der Waals surface area contributed by atoms with E-state index < -0.39 is 12.8 Å². The Labute approximate surface area is 109 Å². The van der Waals surface area contributed by atoms with E-state index in [0.29, 0.717) is 18.3 Å². The second-order valence-electron chi connectivity index (χ2n) is 4.49. The standard InChI is InChI=1S/C11H17ClF3NO2/c1-8-2-4-16(9(8)6-12)10(17)3-5-18-7-11(13,14)15/h8-9H,2-7H2,1H3. The molecule has 0 spiro atoms. The van der Waals surface area contributed by atoms with Gasteiger partial charge in [0.1, 0.15) is 6.61 Å². The number of carbonyl (C=O) groups excluding carboxylic acids is 1. The Bertz CT molecular complexity index is 286. The summed E-state index contributed by atoms with van der Waals surface area (Å²) in [6.45, 7) is 1.12. The molecule has 0 aromatic heterocycles. The van der Waals surface area contributed by atoms with Crippen LogP contribution in [-0.4, -0.2) is 48.7 Å². The van der Waals surface area contributed by atoms with Crippen LogP contribution in [0.15, 0.2) is 0 Å². The van der Waals surface area contributed by atoms with Crippen LogP contribution in [0.5, 0.6) is 0 Å². The number of halogens is 4. The Morgan fingerprint density at radius 3 is 2.72 bits per heavy atom. The summed E-state index contributed by atoms with van der Waals surface area (Å²) in [6, 6.07) is -0.0122. The van der Waals surface area contributed by atoms with E-state index in [0.717, 1.165) is 6.42 Å². The fraction of sp³-hybridized carbons (Fsp3) is 0.909. The third-order valence-electron chi connectivity index (χ3n) is 3.09. The van der Waals surface area contributed by atoms with Gasteiger partial charge in [-0.25, -0.2) is 0 Å². The van der Waals surface area contributed by atoms with Crippen LogP contribution >= 0.6 is 11.6 Å². The lowest BCUT2D eigenvalue weighted by Gasteiger charge is -2.25. The van der Waals surface area contributed by atoms with E-state index in [4.69, 9.17) is 11.6 Å². The predicted molar refractivity (Wildman–Crippen MR) is 61.5 cm³/mol. The molecule has 1 saturated heterocycles. The normalized spacial score (nSPS) is 24.6. The minimum Gasteiger partial charge on any atom is -0.372 e. The molecule has 3 nitrogen and oxygen atoms in total. The number of likely N-dealkylation sites (tertiary alicyclic amines) is 1. The van der Waals surface area contributed by atoms with Crippen molar-refractivity contribution in [3.63, 3.8) is 0 Å². The number of hydrogen-bond donors (Lipinski definition) is 0. The van der Waals surface area contributed by atoms with E-state index in [1.165, 1.54) is 0 Å². The van der Waals surface area contributed by atoms with Crippen molar-refractivity contribution < 1.29 is 22.7 Å². The van der Waals surface area contributed by atoms with E-state index in [1.807, 2.05) is 6.92 Å². The summed E-state index contributed by atoms with van der Waals surface area (Å²) in [4.78, 5) is 13.4. The maximum absolute atomic E-state index is 11.8. The Morgan fingerprint density at radius 1 is 1.50 bits per heavy atom. The number of nitrogens with zero attached hydrogens (tertiary/aromatic N) is 1. The average Bonchev–Trinajstić information content (AvgIpc) is 2.64. The molecule has 2 unspecified atom stereocenters. The predicted octanol–water partition coefficient (Wildman–Crippen LogP) is 2.43. The molecule has 1 fully saturated rings. The zero-order valence-electron chi connectivity index (χ0n) is 10.2. The van der Waals surface area contributed by atoms with E-state index >= 15 is 0 Å². The molecule has 0 radical (unpaired) electrons. The fourth-order valence-electron chi connectivity index (χ4n) is 2.04. The zero-order valence-corrected chi connectivity index (χ0v) is 10.9. The van der Waals surface area contributed by atoms with Crippen molar-refractivity contribution in [2.45, 2.75) is 32.0 Å². The number of amides is 1. The van der Waals surface area contributed by atoms with Crippen molar-refractivity contribution >= 4 is 17.5 Å². The number of rotatable bonds is 5. The molecule has 106 valence electrons. The molecule has 0 aromatic rings. The second-order valence-corrected chi connectivity index (χ2v) is 4.80. The van der Waals surface area contributed by atoms with Gasteiger partial charge in [0, 0.05) is 18.5 Å². The van der Waals surface area contributed by atoms with Crippen LogP contribution in [0.25, 0.3) is 0 Å². The largest absolute Gasteiger partial charge is 0.411 e. The summed E-state index contributed by atoms with van der Waals surface area (Å²) in [5, 5.41) is 0. The highest BCUT2D eigenvalue weighted by Crippen LogP contribution is 2.25. The van der Waals surface area contributed by atoms with E-state index in [-0.39, 0.29) is 25.0 Å². The Balaban J connectivity index is 2.29. The third kappa shape index (κ3) is 4.65. The van der Waals surface area contributed by atoms with Gasteiger partial charge in [0.25, 0.3) is 0 Å². The van der Waals surface area contributed by atoms with Crippen LogP contribution in [0, 0.1) is 5.92 Å². The third-order valence-corrected chi connectivity index (χ3v) is 3.40. The smallest absolute Gasteiger partial charge is 0.372 e. The van der Waals surface area contributed by atoms with Crippen molar-refractivity contribution in [3.8, 4) is 0 Å². The molecular weight excluding hydrogens is 271 g/mol. The zero-order chi connectivity index (χ0) is 13.8. The SMILES string of the molecule is CC1CCN(C(=O)CCOCC(F)(F)F)C1CCl. The highest BCUT2D eigenvalue weighted by molar-refractivity contribution is 6.18. The Morgan fingerprint density at radius 2 is 2.17 bits per heavy atom. The minimum atomic E-state index is -4.34. The highest BCUT2D eigenvalue weighted by Gasteiger charge is 2.33. The van der Waals surface area contributed by atoms with Gasteiger partial charge in [-0.2, -0.15) is 13.2 Å². The second kappa shape index (κ2) is 6.61.